The van der Waals surface area contributed by atoms with Gasteiger partial charge in [0.15, 0.2) is 0 Å². The van der Waals surface area contributed by atoms with Crippen molar-refractivity contribution in [2.45, 2.75) is 0 Å². The van der Waals surface area contributed by atoms with E-state index in [9.17, 15) is 0 Å². The van der Waals surface area contributed by atoms with Gasteiger partial charge in [-0.2, -0.15) is 0 Å². The molecule has 0 heterocycles. The Balaban J connectivity index is -0.0000000457. The number of rotatable bonds is 0. The van der Waals surface area contributed by atoms with E-state index in [4.69, 9.17) is 38.5 Å². The molecule has 1 radical (unpaired) electrons. The molecule has 0 fully saturated rings. The second-order valence-corrected chi connectivity index (χ2v) is 2.94. The molecule has 0 saturated carbocycles. The summed E-state index contributed by atoms with van der Waals surface area (Å²) in [5.74, 6) is 0. The summed E-state index contributed by atoms with van der Waals surface area (Å²) in [6, 6.07) is 0. The summed E-state index contributed by atoms with van der Waals surface area (Å²) in [5, 5.41) is 0. The number of hydrogen-bond acceptors (Lipinski definition) is 4. The molecule has 0 atom stereocenters. The molecular formula is H4O9P2V. The Morgan fingerprint density at radius 3 is 0.833 bits per heavy atom. The van der Waals surface area contributed by atoms with E-state index in [1.54, 1.807) is 0 Å². The van der Waals surface area contributed by atoms with Crippen molar-refractivity contribution < 1.29 is 62.5 Å². The fourth-order valence-electron chi connectivity index (χ4n) is 0. The maximum Gasteiger partial charge on any atom is 4.00 e. The molecule has 0 bridgehead atoms. The first-order chi connectivity index (χ1) is 4.00. The minimum Gasteiger partial charge on any atom is -2.00 e. The summed E-state index contributed by atoms with van der Waals surface area (Å²) in [4.78, 5) is 45.8. The Hall–Kier alpha value is 0.764. The third-order valence-corrected chi connectivity index (χ3v) is 0. The summed E-state index contributed by atoms with van der Waals surface area (Å²) in [6.07, 6.45) is 0. The SMILES string of the molecule is O=P([O-])(O)O.O=P([O-])(O)O.[O-2].[V+4]. The van der Waals surface area contributed by atoms with Gasteiger partial charge in [-0.15, -0.1) is 0 Å². The first kappa shape index (κ1) is 23.0. The monoisotopic (exact) mass is 261 g/mol. The zero-order chi connectivity index (χ0) is 9.00. The summed E-state index contributed by atoms with van der Waals surface area (Å²) >= 11 is 0. The van der Waals surface area contributed by atoms with Gasteiger partial charge < -0.3 is 34.8 Å². The van der Waals surface area contributed by atoms with E-state index in [1.165, 1.54) is 0 Å². The van der Waals surface area contributed by atoms with Crippen molar-refractivity contribution in [1.82, 2.24) is 0 Å². The van der Waals surface area contributed by atoms with E-state index >= 15 is 0 Å². The minimum absolute atomic E-state index is 0. The van der Waals surface area contributed by atoms with E-state index in [0.717, 1.165) is 0 Å². The van der Waals surface area contributed by atoms with Crippen LogP contribution in [0.4, 0.5) is 0 Å². The summed E-state index contributed by atoms with van der Waals surface area (Å²) in [6.45, 7) is 0. The molecule has 9 nitrogen and oxygen atoms in total. The molecule has 4 N–H and O–H groups in total. The van der Waals surface area contributed by atoms with Gasteiger partial charge in [-0.1, -0.05) is 0 Å². The molecule has 0 unspecified atom stereocenters. The maximum atomic E-state index is 8.77. The third-order valence-electron chi connectivity index (χ3n) is 0. The largest absolute Gasteiger partial charge is 4.00 e. The molecule has 73 valence electrons. The van der Waals surface area contributed by atoms with Crippen molar-refractivity contribution in [2.24, 2.45) is 0 Å². The Morgan fingerprint density at radius 1 is 0.833 bits per heavy atom. The van der Waals surface area contributed by atoms with Crippen LogP contribution in [0.5, 0.6) is 0 Å². The normalized spacial score (nSPS) is 9.83. The maximum absolute atomic E-state index is 8.77. The van der Waals surface area contributed by atoms with Crippen molar-refractivity contribution in [3.05, 3.63) is 0 Å². The predicted molar refractivity (Wildman–Crippen MR) is 24.8 cm³/mol. The fraction of sp³-hybridized carbons (Fsp3) is 0. The average Bonchev–Trinajstić information content (AvgIpc) is 1.12. The Labute approximate surface area is 78.7 Å². The van der Waals surface area contributed by atoms with Gasteiger partial charge in [0.2, 0.25) is 0 Å². The molecule has 0 amide bonds. The van der Waals surface area contributed by atoms with Crippen LogP contribution in [0.25, 0.3) is 0 Å². The Kier molecular flexibility index (Phi) is 16.0. The van der Waals surface area contributed by atoms with Crippen LogP contribution in [-0.4, -0.2) is 19.6 Å². The van der Waals surface area contributed by atoms with Crippen LogP contribution in [0.1, 0.15) is 0 Å². The standard InChI is InChI=1S/2H3O4P.O.V/c2*1-5(2,3)4;;/h2*(H3,1,2,3,4);;/q;;-2;+4/p-2. The molecular weight excluding hydrogens is 257 g/mol. The molecule has 0 aliphatic rings. The van der Waals surface area contributed by atoms with Gasteiger partial charge in [0, 0.05) is 0 Å². The molecule has 0 aromatic carbocycles. The quantitative estimate of drug-likeness (QED) is 0.327. The number of hydrogen-bond donors (Lipinski definition) is 4. The predicted octanol–water partition coefficient (Wildman–Crippen LogP) is -3.24. The van der Waals surface area contributed by atoms with Gasteiger partial charge >= 0.3 is 18.6 Å². The van der Waals surface area contributed by atoms with E-state index in [1.807, 2.05) is 0 Å². The van der Waals surface area contributed by atoms with Gasteiger partial charge in [0.25, 0.3) is 15.6 Å². The topological polar surface area (TPSA) is 190 Å². The third kappa shape index (κ3) is 1760. The van der Waals surface area contributed by atoms with E-state index in [0.29, 0.717) is 0 Å². The van der Waals surface area contributed by atoms with Gasteiger partial charge in [0.05, 0.1) is 0 Å². The van der Waals surface area contributed by atoms with Gasteiger partial charge in [-0.05, 0) is 0 Å². The average molecular weight is 261 g/mol. The van der Waals surface area contributed by atoms with Crippen LogP contribution < -0.4 is 9.79 Å². The molecule has 0 aliphatic carbocycles. The molecule has 12 heavy (non-hydrogen) atoms. The van der Waals surface area contributed by atoms with Crippen molar-refractivity contribution >= 4 is 15.6 Å². The van der Waals surface area contributed by atoms with Gasteiger partial charge in [-0.25, -0.2) is 0 Å². The summed E-state index contributed by atoms with van der Waals surface area (Å²) in [7, 11) is -9.78. The van der Waals surface area contributed by atoms with Crippen molar-refractivity contribution in [3.63, 3.8) is 0 Å². The van der Waals surface area contributed by atoms with Crippen molar-refractivity contribution in [2.75, 3.05) is 0 Å². The first-order valence-corrected chi connectivity index (χ1v) is 4.59. The van der Waals surface area contributed by atoms with E-state index in [2.05, 4.69) is 0 Å². The molecule has 12 heteroatoms. The van der Waals surface area contributed by atoms with Crippen LogP contribution in [0.15, 0.2) is 0 Å². The second kappa shape index (κ2) is 8.37. The molecule has 0 saturated heterocycles. The van der Waals surface area contributed by atoms with Crippen LogP contribution in [0.2, 0.25) is 0 Å². The smallest absolute Gasteiger partial charge is 2.00 e. The van der Waals surface area contributed by atoms with E-state index < -0.39 is 15.6 Å². The number of phosphoric acid groups is 2. The zero-order valence-corrected chi connectivity index (χ0v) is 8.36. The summed E-state index contributed by atoms with van der Waals surface area (Å²) in [5.41, 5.74) is 0. The van der Waals surface area contributed by atoms with Crippen LogP contribution in [0.3, 0.4) is 0 Å². The van der Waals surface area contributed by atoms with Crippen molar-refractivity contribution in [1.29, 1.82) is 0 Å². The molecule has 0 spiro atoms. The van der Waals surface area contributed by atoms with Crippen LogP contribution >= 0.6 is 15.6 Å². The first-order valence-electron chi connectivity index (χ1n) is 1.53. The van der Waals surface area contributed by atoms with Gasteiger partial charge in [0.1, 0.15) is 0 Å². The Bertz CT molecular complexity index is 125. The fourth-order valence-corrected chi connectivity index (χ4v) is 0. The summed E-state index contributed by atoms with van der Waals surface area (Å²) < 4.78 is 17.5. The van der Waals surface area contributed by atoms with E-state index in [-0.39, 0.29) is 24.0 Å². The molecule has 0 rings (SSSR count). The molecule has 0 aromatic heterocycles. The minimum atomic E-state index is -4.89. The van der Waals surface area contributed by atoms with Crippen molar-refractivity contribution in [3.8, 4) is 0 Å². The zero-order valence-electron chi connectivity index (χ0n) is 5.17. The molecule has 0 aliphatic heterocycles. The van der Waals surface area contributed by atoms with Gasteiger partial charge in [-0.3, -0.25) is 9.13 Å². The van der Waals surface area contributed by atoms with Crippen LogP contribution in [-0.2, 0) is 33.2 Å². The van der Waals surface area contributed by atoms with Crippen LogP contribution in [0, 0.1) is 0 Å². The Morgan fingerprint density at radius 2 is 0.833 bits per heavy atom. The molecule has 0 aromatic rings. The second-order valence-electron chi connectivity index (χ2n) is 0.981.